The van der Waals surface area contributed by atoms with E-state index >= 15 is 0 Å². The lowest BCUT2D eigenvalue weighted by Gasteiger charge is -2.19. The monoisotopic (exact) mass is 596 g/mol. The first-order chi connectivity index (χ1) is 23.2. The lowest BCUT2D eigenvalue weighted by Crippen LogP contribution is -1.92. The minimum atomic E-state index is 1.22. The number of fused-ring (bicyclic) bond motifs is 4. The van der Waals surface area contributed by atoms with Crippen molar-refractivity contribution in [3.8, 4) is 44.5 Å². The average Bonchev–Trinajstić information content (AvgIpc) is 3.13. The summed E-state index contributed by atoms with van der Waals surface area (Å²) in [5, 5.41) is 10.2. The predicted octanol–water partition coefficient (Wildman–Crippen LogP) is 13.3. The molecule has 220 valence electrons. The van der Waals surface area contributed by atoms with Crippen molar-refractivity contribution in [3.63, 3.8) is 0 Å². The SMILES string of the molecule is Cc1ccccc1-c1c2ccccc2c(-c2ccc3cccc(-c4cccc(-c5cccc6ccccc56)c4)c3c2)c2ccccc12. The number of aryl methyl sites for hydroxylation is 1. The first kappa shape index (κ1) is 27.3. The Morgan fingerprint density at radius 3 is 1.40 bits per heavy atom. The molecule has 0 bridgehead atoms. The number of hydrogen-bond acceptors (Lipinski definition) is 0. The molecule has 47 heavy (non-hydrogen) atoms. The molecule has 0 saturated heterocycles. The van der Waals surface area contributed by atoms with Crippen molar-refractivity contribution < 1.29 is 0 Å². The third kappa shape index (κ3) is 4.53. The Kier molecular flexibility index (Phi) is 6.47. The van der Waals surface area contributed by atoms with E-state index < -0.39 is 0 Å². The van der Waals surface area contributed by atoms with Gasteiger partial charge < -0.3 is 0 Å². The second-order valence-electron chi connectivity index (χ2n) is 12.5. The molecule has 9 aromatic rings. The van der Waals surface area contributed by atoms with Gasteiger partial charge in [0.05, 0.1) is 0 Å². The molecule has 0 fully saturated rings. The van der Waals surface area contributed by atoms with Crippen molar-refractivity contribution in [2.45, 2.75) is 6.92 Å². The largest absolute Gasteiger partial charge is 0.0620 e. The fourth-order valence-corrected chi connectivity index (χ4v) is 7.59. The molecule has 0 aromatic heterocycles. The fraction of sp³-hybridized carbons (Fsp3) is 0.0213. The van der Waals surface area contributed by atoms with Gasteiger partial charge in [-0.1, -0.05) is 164 Å². The summed E-state index contributed by atoms with van der Waals surface area (Å²) in [5.74, 6) is 0. The highest BCUT2D eigenvalue weighted by Crippen LogP contribution is 2.45. The van der Waals surface area contributed by atoms with E-state index in [4.69, 9.17) is 0 Å². The maximum Gasteiger partial charge on any atom is -0.00237 e. The Morgan fingerprint density at radius 2 is 0.745 bits per heavy atom. The molecule has 0 N–H and O–H groups in total. The number of rotatable bonds is 4. The Morgan fingerprint density at radius 1 is 0.277 bits per heavy atom. The third-order valence-electron chi connectivity index (χ3n) is 9.79. The van der Waals surface area contributed by atoms with Crippen LogP contribution in [0.15, 0.2) is 176 Å². The number of benzene rings is 9. The van der Waals surface area contributed by atoms with Crippen molar-refractivity contribution in [3.05, 3.63) is 181 Å². The van der Waals surface area contributed by atoms with E-state index in [1.54, 1.807) is 0 Å². The molecule has 0 atom stereocenters. The van der Waals surface area contributed by atoms with Crippen LogP contribution in [0.4, 0.5) is 0 Å². The van der Waals surface area contributed by atoms with Crippen LogP contribution in [0.2, 0.25) is 0 Å². The Balaban J connectivity index is 1.28. The lowest BCUT2D eigenvalue weighted by atomic mass is 9.84. The van der Waals surface area contributed by atoms with Gasteiger partial charge in [-0.05, 0) is 112 Å². The maximum atomic E-state index is 2.41. The number of hydrogen-bond donors (Lipinski definition) is 0. The molecule has 9 aromatic carbocycles. The van der Waals surface area contributed by atoms with Crippen LogP contribution in [-0.4, -0.2) is 0 Å². The molecule has 0 spiro atoms. The summed E-state index contributed by atoms with van der Waals surface area (Å²) in [6.07, 6.45) is 0. The average molecular weight is 597 g/mol. The van der Waals surface area contributed by atoms with Crippen molar-refractivity contribution in [1.29, 1.82) is 0 Å². The van der Waals surface area contributed by atoms with Gasteiger partial charge in [0.25, 0.3) is 0 Å². The van der Waals surface area contributed by atoms with Crippen LogP contribution in [0.3, 0.4) is 0 Å². The second kappa shape index (κ2) is 11.1. The summed E-state index contributed by atoms with van der Waals surface area (Å²) >= 11 is 0. The minimum absolute atomic E-state index is 1.22. The van der Waals surface area contributed by atoms with Crippen LogP contribution >= 0.6 is 0 Å². The molecule has 0 amide bonds. The van der Waals surface area contributed by atoms with E-state index in [1.165, 1.54) is 93.2 Å². The third-order valence-corrected chi connectivity index (χ3v) is 9.79. The topological polar surface area (TPSA) is 0 Å². The highest BCUT2D eigenvalue weighted by atomic mass is 14.2. The van der Waals surface area contributed by atoms with Crippen molar-refractivity contribution in [2.24, 2.45) is 0 Å². The molecule has 0 heterocycles. The van der Waals surface area contributed by atoms with Crippen LogP contribution in [0, 0.1) is 6.92 Å². The van der Waals surface area contributed by atoms with Crippen LogP contribution in [0.1, 0.15) is 5.56 Å². The van der Waals surface area contributed by atoms with Gasteiger partial charge >= 0.3 is 0 Å². The van der Waals surface area contributed by atoms with Crippen molar-refractivity contribution in [2.75, 3.05) is 0 Å². The molecule has 0 unspecified atom stereocenters. The quantitative estimate of drug-likeness (QED) is 0.177. The van der Waals surface area contributed by atoms with E-state index in [0.29, 0.717) is 0 Å². The van der Waals surface area contributed by atoms with Gasteiger partial charge in [0.1, 0.15) is 0 Å². The maximum absolute atomic E-state index is 2.41. The zero-order valence-corrected chi connectivity index (χ0v) is 26.2. The molecule has 0 aliphatic carbocycles. The van der Waals surface area contributed by atoms with Crippen molar-refractivity contribution >= 4 is 43.1 Å². The summed E-state index contributed by atoms with van der Waals surface area (Å²) in [6, 6.07) is 64.6. The van der Waals surface area contributed by atoms with Crippen molar-refractivity contribution in [1.82, 2.24) is 0 Å². The molecule has 0 heteroatoms. The summed E-state index contributed by atoms with van der Waals surface area (Å²) in [4.78, 5) is 0. The standard InChI is InChI=1S/C47H32/c1-31-13-2-4-19-37(31)47-43-23-8-6-21-41(43)46(42-22-7-9-24-44(42)47)36-28-27-33-16-12-26-40(45(33)30-36)35-18-10-17-34(29-35)39-25-11-15-32-14-3-5-20-38(32)39/h2-30H,1H3. The molecule has 0 nitrogen and oxygen atoms in total. The van der Waals surface area contributed by atoms with Gasteiger partial charge in [0.2, 0.25) is 0 Å². The highest BCUT2D eigenvalue weighted by molar-refractivity contribution is 6.22. The molecule has 0 radical (unpaired) electrons. The normalized spacial score (nSPS) is 11.5. The minimum Gasteiger partial charge on any atom is -0.0620 e. The summed E-state index contributed by atoms with van der Waals surface area (Å²) in [6.45, 7) is 2.22. The Bertz CT molecular complexity index is 2580. The Labute approximate surface area is 275 Å². The van der Waals surface area contributed by atoms with Crippen LogP contribution in [-0.2, 0) is 0 Å². The van der Waals surface area contributed by atoms with Crippen LogP contribution in [0.5, 0.6) is 0 Å². The van der Waals surface area contributed by atoms with Gasteiger partial charge in [-0.3, -0.25) is 0 Å². The van der Waals surface area contributed by atoms with E-state index in [1.807, 2.05) is 0 Å². The highest BCUT2D eigenvalue weighted by Gasteiger charge is 2.18. The van der Waals surface area contributed by atoms with Gasteiger partial charge in [-0.25, -0.2) is 0 Å². The first-order valence-electron chi connectivity index (χ1n) is 16.4. The van der Waals surface area contributed by atoms with Crippen LogP contribution in [0.25, 0.3) is 87.6 Å². The summed E-state index contributed by atoms with van der Waals surface area (Å²) in [7, 11) is 0. The van der Waals surface area contributed by atoms with Gasteiger partial charge in [0.15, 0.2) is 0 Å². The summed E-state index contributed by atoms with van der Waals surface area (Å²) < 4.78 is 0. The lowest BCUT2D eigenvalue weighted by molar-refractivity contribution is 1.47. The van der Waals surface area contributed by atoms with Gasteiger partial charge in [-0.2, -0.15) is 0 Å². The van der Waals surface area contributed by atoms with Gasteiger partial charge in [0, 0.05) is 0 Å². The Hall–Kier alpha value is -5.98. The van der Waals surface area contributed by atoms with E-state index in [0.717, 1.165) is 0 Å². The summed E-state index contributed by atoms with van der Waals surface area (Å²) in [5.41, 5.74) is 11.4. The van der Waals surface area contributed by atoms with Gasteiger partial charge in [-0.15, -0.1) is 0 Å². The molecular weight excluding hydrogens is 565 g/mol. The zero-order valence-electron chi connectivity index (χ0n) is 26.2. The molecule has 0 aliphatic heterocycles. The van der Waals surface area contributed by atoms with Crippen LogP contribution < -0.4 is 0 Å². The molecular formula is C47H32. The smallest absolute Gasteiger partial charge is 0.00237 e. The first-order valence-corrected chi connectivity index (χ1v) is 16.4. The van der Waals surface area contributed by atoms with E-state index in [2.05, 4.69) is 183 Å². The predicted molar refractivity (Wildman–Crippen MR) is 203 cm³/mol. The molecule has 0 saturated carbocycles. The molecule has 9 rings (SSSR count). The second-order valence-corrected chi connectivity index (χ2v) is 12.5. The molecule has 0 aliphatic rings. The van der Waals surface area contributed by atoms with E-state index in [-0.39, 0.29) is 0 Å². The fourth-order valence-electron chi connectivity index (χ4n) is 7.59. The van der Waals surface area contributed by atoms with E-state index in [9.17, 15) is 0 Å². The zero-order chi connectivity index (χ0) is 31.3.